The molecule has 5 heteroatoms. The first kappa shape index (κ1) is 12.2. The standard InChI is InChI=1S/C11H8ClNO3/c1-16-10-3-2-7(5-13)8(6-14)11(10)9(15)4-12/h2-3,6H,4H2,1H3. The first-order valence-corrected chi connectivity index (χ1v) is 4.88. The van der Waals surface area contributed by atoms with Crippen LogP contribution in [0.4, 0.5) is 0 Å². The Balaban J connectivity index is 3.56. The zero-order valence-corrected chi connectivity index (χ0v) is 9.25. The van der Waals surface area contributed by atoms with Gasteiger partial charge in [-0.15, -0.1) is 11.6 Å². The second-order valence-corrected chi connectivity index (χ2v) is 3.16. The van der Waals surface area contributed by atoms with E-state index in [1.54, 1.807) is 0 Å². The molecule has 0 aliphatic rings. The minimum atomic E-state index is -0.447. The number of ether oxygens (including phenoxy) is 1. The van der Waals surface area contributed by atoms with Gasteiger partial charge in [0.05, 0.1) is 30.2 Å². The number of hydrogen-bond donors (Lipinski definition) is 0. The van der Waals surface area contributed by atoms with Crippen molar-refractivity contribution in [1.82, 2.24) is 0 Å². The lowest BCUT2D eigenvalue weighted by atomic mass is 9.99. The summed E-state index contributed by atoms with van der Waals surface area (Å²) in [6, 6.07) is 4.72. The Morgan fingerprint density at radius 1 is 1.62 bits per heavy atom. The van der Waals surface area contributed by atoms with Gasteiger partial charge in [-0.25, -0.2) is 0 Å². The Morgan fingerprint density at radius 3 is 2.75 bits per heavy atom. The molecular weight excluding hydrogens is 230 g/mol. The highest BCUT2D eigenvalue weighted by molar-refractivity contribution is 6.31. The molecule has 0 bridgehead atoms. The molecule has 0 fully saturated rings. The number of benzene rings is 1. The van der Waals surface area contributed by atoms with Crippen LogP contribution in [0.5, 0.6) is 5.75 Å². The monoisotopic (exact) mass is 237 g/mol. The first-order valence-electron chi connectivity index (χ1n) is 4.35. The van der Waals surface area contributed by atoms with Gasteiger partial charge in [-0.05, 0) is 12.1 Å². The molecule has 0 aliphatic carbocycles. The lowest BCUT2D eigenvalue weighted by Crippen LogP contribution is -2.09. The van der Waals surface area contributed by atoms with Gasteiger partial charge in [-0.2, -0.15) is 5.26 Å². The van der Waals surface area contributed by atoms with Crippen LogP contribution in [0.1, 0.15) is 26.3 Å². The van der Waals surface area contributed by atoms with E-state index in [2.05, 4.69) is 0 Å². The third-order valence-electron chi connectivity index (χ3n) is 2.07. The molecule has 0 saturated heterocycles. The van der Waals surface area contributed by atoms with Crippen LogP contribution in [0.2, 0.25) is 0 Å². The van der Waals surface area contributed by atoms with Crippen LogP contribution in [0.15, 0.2) is 12.1 Å². The second-order valence-electron chi connectivity index (χ2n) is 2.89. The van der Waals surface area contributed by atoms with Crippen molar-refractivity contribution in [3.8, 4) is 11.8 Å². The minimum Gasteiger partial charge on any atom is -0.496 e. The third kappa shape index (κ3) is 2.05. The van der Waals surface area contributed by atoms with Gasteiger partial charge in [0.1, 0.15) is 5.75 Å². The first-order chi connectivity index (χ1) is 7.69. The summed E-state index contributed by atoms with van der Waals surface area (Å²) in [5, 5.41) is 8.80. The summed E-state index contributed by atoms with van der Waals surface area (Å²) in [6.07, 6.45) is 0.459. The maximum absolute atomic E-state index is 11.6. The molecule has 0 radical (unpaired) electrons. The van der Waals surface area contributed by atoms with E-state index in [1.807, 2.05) is 6.07 Å². The van der Waals surface area contributed by atoms with Crippen LogP contribution in [-0.2, 0) is 0 Å². The van der Waals surface area contributed by atoms with E-state index in [-0.39, 0.29) is 28.3 Å². The maximum Gasteiger partial charge on any atom is 0.182 e. The molecule has 1 aromatic rings. The fourth-order valence-electron chi connectivity index (χ4n) is 1.34. The van der Waals surface area contributed by atoms with Crippen molar-refractivity contribution in [2.24, 2.45) is 0 Å². The summed E-state index contributed by atoms with van der Waals surface area (Å²) in [7, 11) is 1.38. The SMILES string of the molecule is COc1ccc(C#N)c(C=O)c1C(=O)CCl. The Morgan fingerprint density at radius 2 is 2.31 bits per heavy atom. The number of nitrogens with zero attached hydrogens (tertiary/aromatic N) is 1. The number of aldehydes is 1. The van der Waals surface area contributed by atoms with Crippen molar-refractivity contribution in [2.45, 2.75) is 0 Å². The molecule has 1 rings (SSSR count). The van der Waals surface area contributed by atoms with Gasteiger partial charge in [0.2, 0.25) is 0 Å². The van der Waals surface area contributed by atoms with Crippen LogP contribution < -0.4 is 4.74 Å². The lowest BCUT2D eigenvalue weighted by molar-refractivity contribution is 0.100. The smallest absolute Gasteiger partial charge is 0.182 e. The van der Waals surface area contributed by atoms with Gasteiger partial charge in [-0.1, -0.05) is 0 Å². The number of carbonyl (C=O) groups is 2. The molecule has 0 amide bonds. The fraction of sp³-hybridized carbons (Fsp3) is 0.182. The second kappa shape index (κ2) is 5.29. The zero-order valence-electron chi connectivity index (χ0n) is 8.49. The molecule has 0 saturated carbocycles. The third-order valence-corrected chi connectivity index (χ3v) is 2.31. The summed E-state index contributed by atoms with van der Waals surface area (Å²) in [6.45, 7) is 0. The number of alkyl halides is 1. The molecule has 0 spiro atoms. The van der Waals surface area contributed by atoms with Crippen molar-refractivity contribution in [3.05, 3.63) is 28.8 Å². The topological polar surface area (TPSA) is 67.2 Å². The number of halogens is 1. The predicted molar refractivity (Wildman–Crippen MR) is 58.1 cm³/mol. The van der Waals surface area contributed by atoms with Crippen LogP contribution in [0.25, 0.3) is 0 Å². The summed E-state index contributed by atoms with van der Waals surface area (Å²) < 4.78 is 4.96. The van der Waals surface area contributed by atoms with E-state index in [0.29, 0.717) is 6.29 Å². The van der Waals surface area contributed by atoms with Gasteiger partial charge in [-0.3, -0.25) is 9.59 Å². The van der Waals surface area contributed by atoms with Gasteiger partial charge in [0.25, 0.3) is 0 Å². The molecule has 82 valence electrons. The van der Waals surface area contributed by atoms with E-state index in [0.717, 1.165) is 0 Å². The number of methoxy groups -OCH3 is 1. The van der Waals surface area contributed by atoms with Gasteiger partial charge in [0.15, 0.2) is 12.1 Å². The van der Waals surface area contributed by atoms with Crippen molar-refractivity contribution < 1.29 is 14.3 Å². The average Bonchev–Trinajstić information content (AvgIpc) is 2.35. The van der Waals surface area contributed by atoms with E-state index >= 15 is 0 Å². The van der Waals surface area contributed by atoms with Crippen LogP contribution in [0.3, 0.4) is 0 Å². The zero-order chi connectivity index (χ0) is 12.1. The Labute approximate surface area is 97.4 Å². The largest absolute Gasteiger partial charge is 0.496 e. The van der Waals surface area contributed by atoms with E-state index in [1.165, 1.54) is 19.2 Å². The summed E-state index contributed by atoms with van der Waals surface area (Å²) in [4.78, 5) is 22.5. The number of ketones is 1. The quantitative estimate of drug-likeness (QED) is 0.455. The Bertz CT molecular complexity index is 477. The Kier molecular flexibility index (Phi) is 4.03. The van der Waals surface area contributed by atoms with Crippen LogP contribution in [-0.4, -0.2) is 25.1 Å². The van der Waals surface area contributed by atoms with Crippen molar-refractivity contribution in [3.63, 3.8) is 0 Å². The lowest BCUT2D eigenvalue weighted by Gasteiger charge is -2.09. The van der Waals surface area contributed by atoms with E-state index < -0.39 is 5.78 Å². The van der Waals surface area contributed by atoms with Gasteiger partial charge in [0, 0.05) is 5.56 Å². The van der Waals surface area contributed by atoms with Gasteiger partial charge >= 0.3 is 0 Å². The number of hydrogen-bond acceptors (Lipinski definition) is 4. The van der Waals surface area contributed by atoms with Crippen LogP contribution >= 0.6 is 11.6 Å². The predicted octanol–water partition coefficient (Wildman–Crippen LogP) is 1.80. The molecule has 4 nitrogen and oxygen atoms in total. The van der Waals surface area contributed by atoms with E-state index in [9.17, 15) is 9.59 Å². The molecule has 1 aromatic carbocycles. The highest BCUT2D eigenvalue weighted by Crippen LogP contribution is 2.25. The van der Waals surface area contributed by atoms with Crippen molar-refractivity contribution in [2.75, 3.05) is 13.0 Å². The fourth-order valence-corrected chi connectivity index (χ4v) is 1.48. The highest BCUT2D eigenvalue weighted by Gasteiger charge is 2.19. The molecule has 0 atom stereocenters. The number of rotatable bonds is 4. The molecule has 0 aliphatic heterocycles. The minimum absolute atomic E-state index is 0.0208. The Hall–Kier alpha value is -1.86. The van der Waals surface area contributed by atoms with Crippen LogP contribution in [0, 0.1) is 11.3 Å². The molecular formula is C11H8ClNO3. The molecule has 16 heavy (non-hydrogen) atoms. The molecule has 0 N–H and O–H groups in total. The number of carbonyl (C=O) groups excluding carboxylic acids is 2. The average molecular weight is 238 g/mol. The maximum atomic E-state index is 11.6. The normalized spacial score (nSPS) is 9.31. The summed E-state index contributed by atoms with van der Waals surface area (Å²) in [5.41, 5.74) is 0.211. The molecule has 0 aromatic heterocycles. The summed E-state index contributed by atoms with van der Waals surface area (Å²) >= 11 is 5.44. The molecule has 0 unspecified atom stereocenters. The van der Waals surface area contributed by atoms with Crippen molar-refractivity contribution in [1.29, 1.82) is 5.26 Å². The van der Waals surface area contributed by atoms with E-state index in [4.69, 9.17) is 21.6 Å². The van der Waals surface area contributed by atoms with Crippen molar-refractivity contribution >= 4 is 23.7 Å². The highest BCUT2D eigenvalue weighted by atomic mass is 35.5. The summed E-state index contributed by atoms with van der Waals surface area (Å²) in [5.74, 6) is -0.476. The number of Topliss-reactive ketones (excluding diaryl/α,β-unsaturated/α-hetero) is 1. The number of nitriles is 1. The van der Waals surface area contributed by atoms with Gasteiger partial charge < -0.3 is 4.74 Å². The molecule has 0 heterocycles.